The van der Waals surface area contributed by atoms with Crippen LogP contribution in [0.1, 0.15) is 52.3 Å². The lowest BCUT2D eigenvalue weighted by Crippen LogP contribution is -2.31. The van der Waals surface area contributed by atoms with E-state index >= 15 is 0 Å². The molecule has 0 amide bonds. The van der Waals surface area contributed by atoms with Crippen molar-refractivity contribution in [1.82, 2.24) is 15.0 Å². The van der Waals surface area contributed by atoms with E-state index < -0.39 is 5.54 Å². The molecule has 1 rings (SSSR count). The number of aromatic nitrogens is 2. The molecule has 0 saturated carbocycles. The zero-order valence-electron chi connectivity index (χ0n) is 11.5. The molecule has 1 aromatic heterocycles. The van der Waals surface area contributed by atoms with Crippen LogP contribution in [-0.4, -0.2) is 28.1 Å². The lowest BCUT2D eigenvalue weighted by Gasteiger charge is -2.24. The van der Waals surface area contributed by atoms with E-state index in [9.17, 15) is 0 Å². The Hall–Kier alpha value is -0.940. The Kier molecular flexibility index (Phi) is 4.65. The Balaban J connectivity index is 2.66. The minimum atomic E-state index is -0.546. The van der Waals surface area contributed by atoms with Crippen molar-refractivity contribution in [3.05, 3.63) is 11.7 Å². The standard InChI is InChI=1S/C12H24N4O/c1-6-9(7-2)16(5)8-10-14-11(15-17-10)12(3,4)13/h9H,6-8,13H2,1-5H3. The molecule has 0 saturated heterocycles. The second-order valence-corrected chi connectivity index (χ2v) is 5.12. The van der Waals surface area contributed by atoms with Gasteiger partial charge in [-0.3, -0.25) is 4.90 Å². The second-order valence-electron chi connectivity index (χ2n) is 5.12. The Labute approximate surface area is 103 Å². The van der Waals surface area contributed by atoms with Crippen LogP contribution in [0, 0.1) is 0 Å². The summed E-state index contributed by atoms with van der Waals surface area (Å²) in [5, 5.41) is 3.91. The smallest absolute Gasteiger partial charge is 0.240 e. The maximum absolute atomic E-state index is 5.91. The normalized spacial score (nSPS) is 12.7. The van der Waals surface area contributed by atoms with Crippen molar-refractivity contribution in [2.45, 2.75) is 58.7 Å². The van der Waals surface area contributed by atoms with Crippen molar-refractivity contribution in [2.24, 2.45) is 5.73 Å². The van der Waals surface area contributed by atoms with Gasteiger partial charge in [-0.2, -0.15) is 4.98 Å². The van der Waals surface area contributed by atoms with Gasteiger partial charge >= 0.3 is 0 Å². The predicted molar refractivity (Wildman–Crippen MR) is 67.3 cm³/mol. The average Bonchev–Trinajstić information content (AvgIpc) is 2.67. The van der Waals surface area contributed by atoms with Crippen LogP contribution in [0.3, 0.4) is 0 Å². The average molecular weight is 240 g/mol. The predicted octanol–water partition coefficient (Wildman–Crippen LogP) is 1.88. The summed E-state index contributed by atoms with van der Waals surface area (Å²) < 4.78 is 5.22. The molecule has 0 bridgehead atoms. The molecule has 1 heterocycles. The largest absolute Gasteiger partial charge is 0.338 e. The van der Waals surface area contributed by atoms with Gasteiger partial charge in [-0.15, -0.1) is 0 Å². The third-order valence-corrected chi connectivity index (χ3v) is 2.99. The first-order valence-electron chi connectivity index (χ1n) is 6.20. The van der Waals surface area contributed by atoms with Crippen LogP contribution in [-0.2, 0) is 12.1 Å². The summed E-state index contributed by atoms with van der Waals surface area (Å²) in [7, 11) is 2.08. The minimum Gasteiger partial charge on any atom is -0.338 e. The van der Waals surface area contributed by atoms with Crippen LogP contribution in [0.2, 0.25) is 0 Å². The second kappa shape index (κ2) is 5.60. The maximum atomic E-state index is 5.91. The Bertz CT molecular complexity index is 339. The zero-order chi connectivity index (χ0) is 13.1. The highest BCUT2D eigenvalue weighted by Gasteiger charge is 2.22. The summed E-state index contributed by atoms with van der Waals surface area (Å²) in [6.45, 7) is 8.79. The first kappa shape index (κ1) is 14.1. The fourth-order valence-corrected chi connectivity index (χ4v) is 1.84. The summed E-state index contributed by atoms with van der Waals surface area (Å²) in [6.07, 6.45) is 2.24. The fraction of sp³-hybridized carbons (Fsp3) is 0.833. The molecule has 2 N–H and O–H groups in total. The highest BCUT2D eigenvalue weighted by Crippen LogP contribution is 2.15. The molecular formula is C12H24N4O. The van der Waals surface area contributed by atoms with E-state index in [0.29, 0.717) is 24.3 Å². The number of nitrogens with two attached hydrogens (primary N) is 1. The Morgan fingerprint density at radius 2 is 1.94 bits per heavy atom. The van der Waals surface area contributed by atoms with Crippen molar-refractivity contribution in [1.29, 1.82) is 0 Å². The number of nitrogens with zero attached hydrogens (tertiary/aromatic N) is 3. The topological polar surface area (TPSA) is 68.2 Å². The fourth-order valence-electron chi connectivity index (χ4n) is 1.84. The summed E-state index contributed by atoms with van der Waals surface area (Å²) >= 11 is 0. The molecule has 0 radical (unpaired) electrons. The van der Waals surface area contributed by atoms with Crippen molar-refractivity contribution >= 4 is 0 Å². The Morgan fingerprint density at radius 1 is 1.35 bits per heavy atom. The summed E-state index contributed by atoms with van der Waals surface area (Å²) in [5.41, 5.74) is 5.37. The first-order valence-corrected chi connectivity index (χ1v) is 6.20. The van der Waals surface area contributed by atoms with Crippen molar-refractivity contribution < 1.29 is 4.52 Å². The van der Waals surface area contributed by atoms with Crippen molar-refractivity contribution in [3.63, 3.8) is 0 Å². The molecule has 1 aromatic rings. The SMILES string of the molecule is CCC(CC)N(C)Cc1nc(C(C)(C)N)no1. The molecule has 5 nitrogen and oxygen atoms in total. The van der Waals surface area contributed by atoms with E-state index in [1.807, 2.05) is 13.8 Å². The van der Waals surface area contributed by atoms with E-state index in [4.69, 9.17) is 10.3 Å². The van der Waals surface area contributed by atoms with Crippen LogP contribution in [0.4, 0.5) is 0 Å². The molecular weight excluding hydrogens is 216 g/mol. The van der Waals surface area contributed by atoms with Crippen molar-refractivity contribution in [3.8, 4) is 0 Å². The van der Waals surface area contributed by atoms with Gasteiger partial charge in [0.15, 0.2) is 5.82 Å². The third kappa shape index (κ3) is 3.78. The molecule has 0 aliphatic carbocycles. The first-order chi connectivity index (χ1) is 7.88. The molecule has 0 atom stereocenters. The third-order valence-electron chi connectivity index (χ3n) is 2.99. The number of rotatable bonds is 6. The minimum absolute atomic E-state index is 0.546. The van der Waals surface area contributed by atoms with Crippen LogP contribution in [0.5, 0.6) is 0 Å². The summed E-state index contributed by atoms with van der Waals surface area (Å²) in [4.78, 5) is 6.56. The van der Waals surface area contributed by atoms with Crippen molar-refractivity contribution in [2.75, 3.05) is 7.05 Å². The molecule has 5 heteroatoms. The number of hydrogen-bond donors (Lipinski definition) is 1. The summed E-state index contributed by atoms with van der Waals surface area (Å²) in [6, 6.07) is 0.552. The van der Waals surface area contributed by atoms with Crippen LogP contribution in [0.25, 0.3) is 0 Å². The van der Waals surface area contributed by atoms with E-state index in [1.54, 1.807) is 0 Å². The lowest BCUT2D eigenvalue weighted by molar-refractivity contribution is 0.193. The van der Waals surface area contributed by atoms with Gasteiger partial charge < -0.3 is 10.3 Å². The van der Waals surface area contributed by atoms with E-state index in [2.05, 4.69) is 35.9 Å². The van der Waals surface area contributed by atoms with Gasteiger partial charge in [-0.05, 0) is 33.7 Å². The monoisotopic (exact) mass is 240 g/mol. The van der Waals surface area contributed by atoms with Crippen LogP contribution >= 0.6 is 0 Å². The zero-order valence-corrected chi connectivity index (χ0v) is 11.5. The quantitative estimate of drug-likeness (QED) is 0.822. The van der Waals surface area contributed by atoms with Gasteiger partial charge in [-0.1, -0.05) is 19.0 Å². The van der Waals surface area contributed by atoms with E-state index in [1.165, 1.54) is 0 Å². The molecule has 0 unspecified atom stereocenters. The molecule has 0 spiro atoms. The molecule has 0 aromatic carbocycles. The Morgan fingerprint density at radius 3 is 2.35 bits per heavy atom. The van der Waals surface area contributed by atoms with Crippen LogP contribution in [0.15, 0.2) is 4.52 Å². The van der Waals surface area contributed by atoms with Crippen LogP contribution < -0.4 is 5.73 Å². The molecule has 0 aliphatic heterocycles. The highest BCUT2D eigenvalue weighted by atomic mass is 16.5. The maximum Gasteiger partial charge on any atom is 0.240 e. The molecule has 17 heavy (non-hydrogen) atoms. The highest BCUT2D eigenvalue weighted by molar-refractivity contribution is 4.99. The molecule has 0 fully saturated rings. The van der Waals surface area contributed by atoms with E-state index in [-0.39, 0.29) is 0 Å². The van der Waals surface area contributed by atoms with Gasteiger partial charge in [0, 0.05) is 6.04 Å². The van der Waals surface area contributed by atoms with Gasteiger partial charge in [0.25, 0.3) is 0 Å². The van der Waals surface area contributed by atoms with E-state index in [0.717, 1.165) is 12.8 Å². The number of hydrogen-bond acceptors (Lipinski definition) is 5. The summed E-state index contributed by atoms with van der Waals surface area (Å²) in [5.74, 6) is 1.19. The van der Waals surface area contributed by atoms with Gasteiger partial charge in [-0.25, -0.2) is 0 Å². The lowest BCUT2D eigenvalue weighted by atomic mass is 10.1. The van der Waals surface area contributed by atoms with Gasteiger partial charge in [0.2, 0.25) is 5.89 Å². The van der Waals surface area contributed by atoms with Gasteiger partial charge in [0.05, 0.1) is 12.1 Å². The van der Waals surface area contributed by atoms with Gasteiger partial charge in [0.1, 0.15) is 0 Å². The molecule has 0 aliphatic rings. The molecule has 98 valence electrons.